The van der Waals surface area contributed by atoms with Crippen molar-refractivity contribution in [1.82, 2.24) is 34.1 Å². The van der Waals surface area contributed by atoms with Gasteiger partial charge in [0.15, 0.2) is 23.7 Å². The molecule has 0 bridgehead atoms. The number of nitrogens with zero attached hydrogens (tertiary/aromatic N) is 6. The van der Waals surface area contributed by atoms with Crippen LogP contribution in [0.2, 0.25) is 0 Å². The number of nitrogens with one attached hydrogen (secondary N) is 2. The molecular formula is C23H33N9O18P3+. The number of nitrogen functional groups attached to an aromatic ring is 1. The first-order valence-corrected chi connectivity index (χ1v) is 19.5. The van der Waals surface area contributed by atoms with Gasteiger partial charge in [-0.3, -0.25) is 32.8 Å². The number of hydrogen-bond donors (Lipinski definition) is 9. The van der Waals surface area contributed by atoms with Crippen LogP contribution in [0.1, 0.15) is 18.3 Å². The molecule has 53 heavy (non-hydrogen) atoms. The fourth-order valence-electron chi connectivity index (χ4n) is 5.81. The number of hydrogen-bond acceptors (Lipinski definition) is 19. The predicted octanol–water partition coefficient (Wildman–Crippen LogP) is -3.17. The molecule has 2 saturated heterocycles. The fraction of sp³-hybridized carbons (Fsp3) is 0.565. The van der Waals surface area contributed by atoms with E-state index >= 15 is 0 Å². The van der Waals surface area contributed by atoms with Crippen LogP contribution in [0.25, 0.3) is 22.3 Å². The number of nitrogens with two attached hydrogens (primary N) is 1. The molecule has 2 fully saturated rings. The molecule has 0 saturated carbocycles. The maximum atomic E-state index is 12.6. The summed E-state index contributed by atoms with van der Waals surface area (Å²) in [6.45, 7) is -0.513. The fourth-order valence-corrected chi connectivity index (χ4v) is 9.33. The Labute approximate surface area is 294 Å². The number of imidazole rings is 2. The van der Waals surface area contributed by atoms with Gasteiger partial charge in [-0.2, -0.15) is 8.62 Å². The van der Waals surface area contributed by atoms with E-state index in [1.165, 1.54) is 36.5 Å². The number of fused-ring (bicyclic) bond motifs is 2. The van der Waals surface area contributed by atoms with E-state index in [1.807, 2.05) is 0 Å². The van der Waals surface area contributed by atoms with E-state index in [0.29, 0.717) is 0 Å². The predicted molar refractivity (Wildman–Crippen MR) is 169 cm³/mol. The van der Waals surface area contributed by atoms with E-state index < -0.39 is 96.9 Å². The molecule has 6 heterocycles. The number of aryl methyl sites for hydroxylation is 2. The highest BCUT2D eigenvalue weighted by Gasteiger charge is 2.51. The summed E-state index contributed by atoms with van der Waals surface area (Å²) in [4.78, 5) is 71.7. The zero-order chi connectivity index (χ0) is 38.8. The van der Waals surface area contributed by atoms with Crippen molar-refractivity contribution < 1.29 is 80.1 Å². The maximum absolute atomic E-state index is 12.6. The van der Waals surface area contributed by atoms with Crippen molar-refractivity contribution in [2.45, 2.75) is 56.0 Å². The summed E-state index contributed by atoms with van der Waals surface area (Å²) in [5, 5.41) is 32.0. The Bertz CT molecular complexity index is 2300. The van der Waals surface area contributed by atoms with Gasteiger partial charge in [-0.1, -0.05) is 4.98 Å². The molecule has 27 nitrogen and oxygen atoms in total. The van der Waals surface area contributed by atoms with E-state index in [4.69, 9.17) is 24.5 Å². The SMILES string of the molecule is COC1[C@@H](COP(=O)(O)OP(=O)(O)OP(=O)(O)OC[C@H]2O[C@@H](n3cnc4c(=O)[nH]c(C)nc43)[C@@H](O)C2O)O[C@@H]([n+]2cn(C)c3c(=O)[nH]c(N)nc32)[C@H]1O. The Kier molecular flexibility index (Phi) is 10.7. The minimum Gasteiger partial charge on any atom is -0.387 e. The summed E-state index contributed by atoms with van der Waals surface area (Å²) in [5.74, 6) is -0.0452. The van der Waals surface area contributed by atoms with Crippen LogP contribution >= 0.6 is 23.5 Å². The molecule has 0 spiro atoms. The van der Waals surface area contributed by atoms with Gasteiger partial charge in [0.05, 0.1) is 26.6 Å². The summed E-state index contributed by atoms with van der Waals surface area (Å²) in [6.07, 6.45) is -9.50. The van der Waals surface area contributed by atoms with Crippen LogP contribution in [0.15, 0.2) is 22.2 Å². The topological polar surface area (TPSA) is 381 Å². The smallest absolute Gasteiger partial charge is 0.387 e. The van der Waals surface area contributed by atoms with Gasteiger partial charge in [-0.15, -0.1) is 0 Å². The third kappa shape index (κ3) is 7.92. The number of anilines is 1. The molecular weight excluding hydrogens is 783 g/mol. The van der Waals surface area contributed by atoms with Crippen LogP contribution in [-0.4, -0.2) is 121 Å². The molecule has 292 valence electrons. The lowest BCUT2D eigenvalue weighted by molar-refractivity contribution is -0.745. The van der Waals surface area contributed by atoms with Gasteiger partial charge < -0.3 is 54.9 Å². The van der Waals surface area contributed by atoms with Gasteiger partial charge in [0.1, 0.15) is 42.4 Å². The van der Waals surface area contributed by atoms with Crippen LogP contribution in [0.3, 0.4) is 0 Å². The quantitative estimate of drug-likeness (QED) is 0.0475. The number of aliphatic hydroxyl groups excluding tert-OH is 3. The summed E-state index contributed by atoms with van der Waals surface area (Å²) in [7, 11) is -14.6. The highest BCUT2D eigenvalue weighted by molar-refractivity contribution is 7.66. The molecule has 4 aromatic heterocycles. The van der Waals surface area contributed by atoms with Crippen molar-refractivity contribution >= 4 is 51.7 Å². The van der Waals surface area contributed by atoms with Crippen molar-refractivity contribution in [1.29, 1.82) is 0 Å². The van der Waals surface area contributed by atoms with Crippen molar-refractivity contribution in [3.05, 3.63) is 39.2 Å². The standard InChI is InChI=1S/C23H32N9O18P3/c1-8-26-17-11(19(36)27-8)25-6-31(17)21-14(34)13(33)9(47-21)4-45-51(38,39)49-53(42,43)50-52(40,41)46-5-10-16(44-3)15(35)22(48-10)32-7-30(2)12-18(32)28-23(24)29-20(12)37/h6-7,9-10,13-16,21-22,33-35H,4-5H2,1-3H3,(H6-,24,26,27,28,29,36,37,38,39,40,41,42,43)/p+1/t9-,10-,13?,14+,15+,16?,21-,22-/m1/s1. The maximum Gasteiger partial charge on any atom is 0.490 e. The van der Waals surface area contributed by atoms with Crippen LogP contribution in [0.4, 0.5) is 5.95 Å². The van der Waals surface area contributed by atoms with Gasteiger partial charge in [0.25, 0.3) is 17.1 Å². The zero-order valence-corrected chi connectivity index (χ0v) is 30.1. The minimum atomic E-state index is -5.97. The number of rotatable bonds is 13. The first kappa shape index (κ1) is 39.4. The van der Waals surface area contributed by atoms with Crippen LogP contribution in [-0.2, 0) is 52.6 Å². The lowest BCUT2D eigenvalue weighted by atomic mass is 10.1. The molecule has 2 aliphatic heterocycles. The lowest BCUT2D eigenvalue weighted by Gasteiger charge is -2.21. The second-order valence-electron chi connectivity index (χ2n) is 11.7. The third-order valence-electron chi connectivity index (χ3n) is 8.02. The number of phosphoric acid groups is 3. The molecule has 30 heteroatoms. The molecule has 0 aliphatic carbocycles. The van der Waals surface area contributed by atoms with Crippen molar-refractivity contribution in [2.24, 2.45) is 7.05 Å². The number of aliphatic hydroxyl groups is 3. The van der Waals surface area contributed by atoms with Crippen molar-refractivity contribution in [2.75, 3.05) is 26.1 Å². The summed E-state index contributed by atoms with van der Waals surface area (Å²) in [6, 6.07) is 0. The molecule has 10 N–H and O–H groups in total. The van der Waals surface area contributed by atoms with E-state index in [0.717, 1.165) is 10.9 Å². The Morgan fingerprint density at radius 1 is 0.925 bits per heavy atom. The highest BCUT2D eigenvalue weighted by Crippen LogP contribution is 2.67. The molecule has 2 aliphatic rings. The van der Waals surface area contributed by atoms with Gasteiger partial charge in [-0.25, -0.2) is 28.2 Å². The lowest BCUT2D eigenvalue weighted by Crippen LogP contribution is -2.46. The average Bonchev–Trinajstić information content (AvgIpc) is 3.76. The summed E-state index contributed by atoms with van der Waals surface area (Å²) < 4.78 is 75.5. The monoisotopic (exact) mass is 816 g/mol. The summed E-state index contributed by atoms with van der Waals surface area (Å²) >= 11 is 0. The van der Waals surface area contributed by atoms with E-state index in [-0.39, 0.29) is 34.1 Å². The molecule has 11 atom stereocenters. The Morgan fingerprint density at radius 2 is 1.57 bits per heavy atom. The van der Waals surface area contributed by atoms with Crippen molar-refractivity contribution in [3.63, 3.8) is 0 Å². The van der Waals surface area contributed by atoms with Crippen molar-refractivity contribution in [3.8, 4) is 0 Å². The highest BCUT2D eigenvalue weighted by atomic mass is 31.3. The van der Waals surface area contributed by atoms with Gasteiger partial charge in [0, 0.05) is 7.11 Å². The molecule has 6 rings (SSSR count). The van der Waals surface area contributed by atoms with Gasteiger partial charge in [-0.05, 0) is 6.92 Å². The number of phosphoric ester groups is 2. The Balaban J connectivity index is 1.06. The van der Waals surface area contributed by atoms with Crippen LogP contribution in [0, 0.1) is 6.92 Å². The van der Waals surface area contributed by atoms with E-state index in [2.05, 4.69) is 38.1 Å². The molecule has 0 aromatic carbocycles. The number of H-pyrrole nitrogens is 2. The molecule has 5 unspecified atom stereocenters. The summed E-state index contributed by atoms with van der Waals surface area (Å²) in [5.41, 5.74) is 4.39. The third-order valence-corrected chi connectivity index (χ3v) is 12.3. The first-order chi connectivity index (χ1) is 24.7. The minimum absolute atomic E-state index is 0.00129. The Morgan fingerprint density at radius 3 is 2.21 bits per heavy atom. The second kappa shape index (κ2) is 14.4. The normalized spacial score (nSPS) is 29.8. The first-order valence-electron chi connectivity index (χ1n) is 15.0. The van der Waals surface area contributed by atoms with Gasteiger partial charge >= 0.3 is 29.1 Å². The second-order valence-corrected chi connectivity index (χ2v) is 16.3. The van der Waals surface area contributed by atoms with E-state index in [1.54, 1.807) is 0 Å². The average molecular weight is 816 g/mol. The van der Waals surface area contributed by atoms with E-state index in [9.17, 15) is 53.3 Å². The number of aromatic amines is 2. The number of ether oxygens (including phenoxy) is 3. The largest absolute Gasteiger partial charge is 0.490 e. The van der Waals surface area contributed by atoms with Gasteiger partial charge in [0.2, 0.25) is 11.7 Å². The Hall–Kier alpha value is -3.33. The number of aromatic nitrogens is 8. The van der Waals surface area contributed by atoms with Crippen LogP contribution < -0.4 is 21.4 Å². The molecule has 4 aromatic rings. The molecule has 0 amide bonds. The zero-order valence-electron chi connectivity index (χ0n) is 27.4. The van der Waals surface area contributed by atoms with Crippen LogP contribution in [0.5, 0.6) is 0 Å². The molecule has 0 radical (unpaired) electrons. The number of methoxy groups -OCH3 is 1.